The summed E-state index contributed by atoms with van der Waals surface area (Å²) in [6.07, 6.45) is -1.49. The molecular weight excluding hydrogens is 473 g/mol. The molecule has 0 spiro atoms. The Balaban J connectivity index is 1.51. The quantitative estimate of drug-likeness (QED) is 0.435. The Bertz CT molecular complexity index is 1250. The second-order valence-corrected chi connectivity index (χ2v) is 9.30. The Kier molecular flexibility index (Phi) is 7.56. The van der Waals surface area contributed by atoms with Crippen molar-refractivity contribution in [1.29, 1.82) is 0 Å². The van der Waals surface area contributed by atoms with Crippen molar-refractivity contribution in [2.24, 2.45) is 5.92 Å². The molecule has 1 atom stereocenters. The SMILES string of the molecule is CC(C)C(=O)NCCc1coc2ccc(-c3ccc4c(c3)C(CCNC(=O)C(F)(F)F)CCO4)cc12. The first-order valence-electron chi connectivity index (χ1n) is 12.0. The highest BCUT2D eigenvalue weighted by atomic mass is 19.4. The second-order valence-electron chi connectivity index (χ2n) is 9.30. The average Bonchev–Trinajstić information content (AvgIpc) is 3.25. The van der Waals surface area contributed by atoms with Gasteiger partial charge in [-0.15, -0.1) is 0 Å². The fourth-order valence-corrected chi connectivity index (χ4v) is 4.38. The van der Waals surface area contributed by atoms with Crippen LogP contribution < -0.4 is 15.4 Å². The van der Waals surface area contributed by atoms with Crippen molar-refractivity contribution in [3.05, 3.63) is 53.8 Å². The van der Waals surface area contributed by atoms with Gasteiger partial charge in [-0.05, 0) is 71.7 Å². The van der Waals surface area contributed by atoms with Gasteiger partial charge < -0.3 is 19.8 Å². The number of carbonyl (C=O) groups is 2. The number of hydrogen-bond acceptors (Lipinski definition) is 4. The number of carbonyl (C=O) groups excluding carboxylic acids is 2. The highest BCUT2D eigenvalue weighted by Gasteiger charge is 2.38. The number of alkyl halides is 3. The van der Waals surface area contributed by atoms with Gasteiger partial charge >= 0.3 is 12.1 Å². The number of hydrogen-bond donors (Lipinski definition) is 2. The van der Waals surface area contributed by atoms with Gasteiger partial charge in [0.05, 0.1) is 12.9 Å². The molecule has 0 saturated carbocycles. The molecule has 0 saturated heterocycles. The summed E-state index contributed by atoms with van der Waals surface area (Å²) in [7, 11) is 0. The summed E-state index contributed by atoms with van der Waals surface area (Å²) in [6.45, 7) is 4.62. The summed E-state index contributed by atoms with van der Waals surface area (Å²) in [5.74, 6) is -1.30. The van der Waals surface area contributed by atoms with E-state index in [1.165, 1.54) is 0 Å². The highest BCUT2D eigenvalue weighted by Crippen LogP contribution is 2.39. The van der Waals surface area contributed by atoms with Crippen LogP contribution in [-0.4, -0.2) is 37.7 Å². The van der Waals surface area contributed by atoms with E-state index in [4.69, 9.17) is 9.15 Å². The molecule has 0 aliphatic carbocycles. The third-order valence-electron chi connectivity index (χ3n) is 6.41. The third kappa shape index (κ3) is 5.83. The molecule has 2 aromatic carbocycles. The van der Waals surface area contributed by atoms with Crippen LogP contribution in [0.3, 0.4) is 0 Å². The molecule has 1 aromatic heterocycles. The summed E-state index contributed by atoms with van der Waals surface area (Å²) in [4.78, 5) is 23.0. The van der Waals surface area contributed by atoms with E-state index in [0.29, 0.717) is 38.2 Å². The molecule has 1 aliphatic heterocycles. The van der Waals surface area contributed by atoms with E-state index in [0.717, 1.165) is 33.2 Å². The van der Waals surface area contributed by atoms with Crippen molar-refractivity contribution in [2.75, 3.05) is 19.7 Å². The van der Waals surface area contributed by atoms with Gasteiger partial charge in [0.2, 0.25) is 5.91 Å². The topological polar surface area (TPSA) is 80.6 Å². The summed E-state index contributed by atoms with van der Waals surface area (Å²) in [6, 6.07) is 11.8. The lowest BCUT2D eigenvalue weighted by Gasteiger charge is -2.27. The zero-order chi connectivity index (χ0) is 25.9. The molecule has 2 amide bonds. The molecule has 6 nitrogen and oxygen atoms in total. The Hall–Kier alpha value is -3.49. The molecule has 4 rings (SSSR count). The third-order valence-corrected chi connectivity index (χ3v) is 6.41. The first kappa shape index (κ1) is 25.6. The molecular formula is C27H29F3N2O4. The van der Waals surface area contributed by atoms with E-state index in [1.807, 2.05) is 55.6 Å². The van der Waals surface area contributed by atoms with E-state index in [2.05, 4.69) is 5.32 Å². The van der Waals surface area contributed by atoms with Crippen molar-refractivity contribution in [1.82, 2.24) is 10.6 Å². The minimum absolute atomic E-state index is 0.00675. The normalized spacial score (nSPS) is 15.4. The van der Waals surface area contributed by atoms with Gasteiger partial charge in [-0.25, -0.2) is 0 Å². The van der Waals surface area contributed by atoms with Crippen molar-refractivity contribution in [3.8, 4) is 16.9 Å². The monoisotopic (exact) mass is 502 g/mol. The molecule has 2 heterocycles. The number of amides is 2. The van der Waals surface area contributed by atoms with E-state index < -0.39 is 12.1 Å². The largest absolute Gasteiger partial charge is 0.493 e. The lowest BCUT2D eigenvalue weighted by atomic mass is 9.88. The molecule has 192 valence electrons. The van der Waals surface area contributed by atoms with Crippen molar-refractivity contribution >= 4 is 22.8 Å². The fourth-order valence-electron chi connectivity index (χ4n) is 4.38. The minimum atomic E-state index is -4.88. The number of rotatable bonds is 8. The van der Waals surface area contributed by atoms with Crippen LogP contribution in [0, 0.1) is 5.92 Å². The number of furan rings is 1. The zero-order valence-electron chi connectivity index (χ0n) is 20.2. The van der Waals surface area contributed by atoms with Gasteiger partial charge in [-0.2, -0.15) is 13.2 Å². The van der Waals surface area contributed by atoms with Gasteiger partial charge in [0.15, 0.2) is 0 Å². The van der Waals surface area contributed by atoms with Crippen LogP contribution in [-0.2, 0) is 16.0 Å². The first-order chi connectivity index (χ1) is 17.1. The van der Waals surface area contributed by atoms with Crippen LogP contribution in [0.5, 0.6) is 5.75 Å². The maximum absolute atomic E-state index is 12.5. The Morgan fingerprint density at radius 1 is 1.06 bits per heavy atom. The molecule has 0 radical (unpaired) electrons. The van der Waals surface area contributed by atoms with Crippen LogP contribution in [0.2, 0.25) is 0 Å². The Labute approximate surface area is 207 Å². The lowest BCUT2D eigenvalue weighted by molar-refractivity contribution is -0.173. The van der Waals surface area contributed by atoms with Gasteiger partial charge in [0.1, 0.15) is 11.3 Å². The van der Waals surface area contributed by atoms with E-state index in [1.54, 1.807) is 6.26 Å². The number of nitrogens with one attached hydrogen (secondary N) is 2. The highest BCUT2D eigenvalue weighted by molar-refractivity contribution is 5.87. The molecule has 36 heavy (non-hydrogen) atoms. The summed E-state index contributed by atoms with van der Waals surface area (Å²) >= 11 is 0. The molecule has 3 aromatic rings. The zero-order valence-corrected chi connectivity index (χ0v) is 20.2. The second kappa shape index (κ2) is 10.6. The average molecular weight is 503 g/mol. The predicted octanol–water partition coefficient (Wildman–Crippen LogP) is 5.35. The Morgan fingerprint density at radius 2 is 1.81 bits per heavy atom. The predicted molar refractivity (Wildman–Crippen MR) is 130 cm³/mol. The van der Waals surface area contributed by atoms with E-state index in [9.17, 15) is 22.8 Å². The molecule has 1 aliphatic rings. The van der Waals surface area contributed by atoms with Crippen LogP contribution in [0.4, 0.5) is 13.2 Å². The first-order valence-corrected chi connectivity index (χ1v) is 12.0. The molecule has 2 N–H and O–H groups in total. The van der Waals surface area contributed by atoms with Crippen LogP contribution in [0.25, 0.3) is 22.1 Å². The molecule has 0 bridgehead atoms. The molecule has 1 unspecified atom stereocenters. The number of ether oxygens (including phenoxy) is 1. The van der Waals surface area contributed by atoms with Gasteiger partial charge in [-0.1, -0.05) is 26.0 Å². The van der Waals surface area contributed by atoms with Crippen molar-refractivity contribution in [3.63, 3.8) is 0 Å². The van der Waals surface area contributed by atoms with E-state index >= 15 is 0 Å². The van der Waals surface area contributed by atoms with Crippen molar-refractivity contribution < 1.29 is 31.9 Å². The minimum Gasteiger partial charge on any atom is -0.493 e. The maximum atomic E-state index is 12.5. The van der Waals surface area contributed by atoms with E-state index in [-0.39, 0.29) is 24.3 Å². The summed E-state index contributed by atoms with van der Waals surface area (Å²) in [5, 5.41) is 5.84. The summed E-state index contributed by atoms with van der Waals surface area (Å²) < 4.78 is 48.9. The Morgan fingerprint density at radius 3 is 2.56 bits per heavy atom. The van der Waals surface area contributed by atoms with Crippen LogP contribution >= 0.6 is 0 Å². The van der Waals surface area contributed by atoms with Crippen molar-refractivity contribution in [2.45, 2.75) is 45.2 Å². The standard InChI is InChI=1S/C27H29F3N2O4/c1-16(2)25(33)31-10-8-20-15-36-24-6-4-19(14-22(20)24)18-3-5-23-21(13-18)17(9-12-35-23)7-11-32-26(34)27(28,29)30/h3-6,13-17H,7-12H2,1-2H3,(H,31,33)(H,32,34). The van der Waals surface area contributed by atoms with Crippen LogP contribution in [0.15, 0.2) is 47.1 Å². The molecule has 9 heteroatoms. The number of fused-ring (bicyclic) bond motifs is 2. The fraction of sp³-hybridized carbons (Fsp3) is 0.407. The van der Waals surface area contributed by atoms with Crippen LogP contribution in [0.1, 0.15) is 43.7 Å². The maximum Gasteiger partial charge on any atom is 0.471 e. The number of halogens is 3. The van der Waals surface area contributed by atoms with Gasteiger partial charge in [-0.3, -0.25) is 9.59 Å². The van der Waals surface area contributed by atoms with Gasteiger partial charge in [0.25, 0.3) is 0 Å². The van der Waals surface area contributed by atoms with Gasteiger partial charge in [0, 0.05) is 24.4 Å². The smallest absolute Gasteiger partial charge is 0.471 e. The number of benzene rings is 2. The lowest BCUT2D eigenvalue weighted by Crippen LogP contribution is -2.37. The summed E-state index contributed by atoms with van der Waals surface area (Å²) in [5.41, 5.74) is 4.59. The molecule has 0 fully saturated rings.